The number of nitrogens with one attached hydrogen (secondary N) is 2. The van der Waals surface area contributed by atoms with Crippen LogP contribution in [0.3, 0.4) is 0 Å². The molecule has 0 spiro atoms. The predicted octanol–water partition coefficient (Wildman–Crippen LogP) is 3.38. The van der Waals surface area contributed by atoms with Gasteiger partial charge in [0.1, 0.15) is 0 Å². The molecule has 25 heavy (non-hydrogen) atoms. The molecule has 0 bridgehead atoms. The molecule has 5 nitrogen and oxygen atoms in total. The molecule has 0 radical (unpaired) electrons. The largest absolute Gasteiger partial charge is 0.329 e. The Balaban J connectivity index is 1.91. The van der Waals surface area contributed by atoms with E-state index < -0.39 is 11.8 Å². The quantitative estimate of drug-likeness (QED) is 0.512. The van der Waals surface area contributed by atoms with Gasteiger partial charge >= 0.3 is 11.8 Å². The van der Waals surface area contributed by atoms with Crippen LogP contribution in [0.25, 0.3) is 0 Å². The van der Waals surface area contributed by atoms with Gasteiger partial charge in [-0.05, 0) is 35.1 Å². The second-order valence-corrected chi connectivity index (χ2v) is 6.84. The molecule has 130 valence electrons. The number of carbonyl (C=O) groups excluding carboxylic acids is 2. The summed E-state index contributed by atoms with van der Waals surface area (Å²) in [5.41, 5.74) is 5.85. The van der Waals surface area contributed by atoms with Crippen molar-refractivity contribution in [1.82, 2.24) is 5.43 Å². The van der Waals surface area contributed by atoms with Crippen molar-refractivity contribution in [3.8, 4) is 0 Å². The van der Waals surface area contributed by atoms with Gasteiger partial charge < -0.3 is 5.32 Å². The molecule has 0 aliphatic rings. The van der Waals surface area contributed by atoms with Gasteiger partial charge in [0, 0.05) is 5.69 Å². The second kappa shape index (κ2) is 7.75. The summed E-state index contributed by atoms with van der Waals surface area (Å²) < 4.78 is 0. The van der Waals surface area contributed by atoms with Crippen LogP contribution in [0.4, 0.5) is 5.69 Å². The average Bonchev–Trinajstić information content (AvgIpc) is 2.56. The topological polar surface area (TPSA) is 70.6 Å². The third-order valence-corrected chi connectivity index (χ3v) is 3.76. The first kappa shape index (κ1) is 18.4. The van der Waals surface area contributed by atoms with E-state index in [0.717, 1.165) is 11.1 Å². The maximum atomic E-state index is 11.9. The molecule has 0 heterocycles. The number of anilines is 1. The van der Waals surface area contributed by atoms with Crippen molar-refractivity contribution in [1.29, 1.82) is 0 Å². The molecule has 5 heteroatoms. The Morgan fingerprint density at radius 3 is 2.20 bits per heavy atom. The minimum Gasteiger partial charge on any atom is -0.317 e. The van der Waals surface area contributed by atoms with Gasteiger partial charge in [0.2, 0.25) is 0 Å². The van der Waals surface area contributed by atoms with Crippen LogP contribution in [0.2, 0.25) is 0 Å². The monoisotopic (exact) mass is 337 g/mol. The highest BCUT2D eigenvalue weighted by Gasteiger charge is 2.14. The fraction of sp³-hybridized carbons (Fsp3) is 0.250. The zero-order chi connectivity index (χ0) is 18.4. The number of para-hydroxylation sites is 1. The van der Waals surface area contributed by atoms with Crippen molar-refractivity contribution in [3.63, 3.8) is 0 Å². The van der Waals surface area contributed by atoms with Gasteiger partial charge in [-0.2, -0.15) is 5.10 Å². The Labute approximate surface area is 148 Å². The third-order valence-electron chi connectivity index (χ3n) is 3.76. The van der Waals surface area contributed by atoms with Gasteiger partial charge in [-0.3, -0.25) is 9.59 Å². The van der Waals surface area contributed by atoms with Crippen molar-refractivity contribution >= 4 is 23.7 Å². The third kappa shape index (κ3) is 5.28. The molecule has 2 N–H and O–H groups in total. The highest BCUT2D eigenvalue weighted by molar-refractivity contribution is 6.39. The fourth-order valence-electron chi connectivity index (χ4n) is 2.18. The van der Waals surface area contributed by atoms with Gasteiger partial charge in [0.05, 0.1) is 6.21 Å². The lowest BCUT2D eigenvalue weighted by Gasteiger charge is -2.18. The van der Waals surface area contributed by atoms with Gasteiger partial charge in [-0.15, -0.1) is 0 Å². The fourth-order valence-corrected chi connectivity index (χ4v) is 2.18. The molecular formula is C20H23N3O2. The molecule has 0 unspecified atom stereocenters. The summed E-state index contributed by atoms with van der Waals surface area (Å²) in [5.74, 6) is -1.57. The number of rotatable bonds is 3. The smallest absolute Gasteiger partial charge is 0.317 e. The molecule has 0 saturated carbocycles. The number of hydrogen-bond acceptors (Lipinski definition) is 3. The normalized spacial score (nSPS) is 11.4. The molecule has 2 aromatic carbocycles. The Kier molecular flexibility index (Phi) is 5.70. The van der Waals surface area contributed by atoms with Crippen molar-refractivity contribution in [2.75, 3.05) is 5.32 Å². The Morgan fingerprint density at radius 2 is 1.60 bits per heavy atom. The van der Waals surface area contributed by atoms with Crippen LogP contribution >= 0.6 is 0 Å². The maximum absolute atomic E-state index is 11.9. The van der Waals surface area contributed by atoms with Crippen molar-refractivity contribution < 1.29 is 9.59 Å². The van der Waals surface area contributed by atoms with E-state index in [9.17, 15) is 9.59 Å². The zero-order valence-corrected chi connectivity index (χ0v) is 15.0. The van der Waals surface area contributed by atoms with Crippen LogP contribution < -0.4 is 10.7 Å². The van der Waals surface area contributed by atoms with Crippen LogP contribution in [0.1, 0.15) is 37.5 Å². The van der Waals surface area contributed by atoms with E-state index in [-0.39, 0.29) is 5.41 Å². The summed E-state index contributed by atoms with van der Waals surface area (Å²) >= 11 is 0. The summed E-state index contributed by atoms with van der Waals surface area (Å²) in [6.07, 6.45) is 1.51. The first-order chi connectivity index (χ1) is 11.8. The van der Waals surface area contributed by atoms with Crippen molar-refractivity contribution in [3.05, 3.63) is 65.2 Å². The van der Waals surface area contributed by atoms with Crippen molar-refractivity contribution in [2.45, 2.75) is 33.1 Å². The summed E-state index contributed by atoms with van der Waals surface area (Å²) in [4.78, 5) is 23.7. The molecule has 2 amide bonds. The Bertz CT molecular complexity index is 787. The standard InChI is InChI=1S/C20H23N3O2/c1-14-7-5-6-8-17(14)22-18(24)19(25)23-21-13-15-9-11-16(12-10-15)20(2,3)4/h5-13H,1-4H3,(H,22,24)(H,23,25)/b21-13-. The number of hydrazone groups is 1. The minimum atomic E-state index is -0.814. The number of aryl methyl sites for hydroxylation is 1. The molecule has 2 rings (SSSR count). The molecule has 0 aliphatic heterocycles. The van der Waals surface area contributed by atoms with Crippen LogP contribution in [-0.2, 0) is 15.0 Å². The predicted molar refractivity (Wildman–Crippen MR) is 101 cm³/mol. The molecule has 0 fully saturated rings. The summed E-state index contributed by atoms with van der Waals surface area (Å²) in [6, 6.07) is 15.1. The maximum Gasteiger partial charge on any atom is 0.329 e. The van der Waals surface area contributed by atoms with Gasteiger partial charge in [0.25, 0.3) is 0 Å². The van der Waals surface area contributed by atoms with E-state index in [1.54, 1.807) is 12.1 Å². The molecule has 0 atom stereocenters. The molecule has 0 aliphatic carbocycles. The van der Waals surface area contributed by atoms with E-state index >= 15 is 0 Å². The zero-order valence-electron chi connectivity index (χ0n) is 15.0. The molecular weight excluding hydrogens is 314 g/mol. The van der Waals surface area contributed by atoms with E-state index in [1.807, 2.05) is 43.3 Å². The van der Waals surface area contributed by atoms with Gasteiger partial charge in [0.15, 0.2) is 0 Å². The lowest BCUT2D eigenvalue weighted by molar-refractivity contribution is -0.136. The molecule has 0 saturated heterocycles. The van der Waals surface area contributed by atoms with Crippen LogP contribution in [0, 0.1) is 6.92 Å². The van der Waals surface area contributed by atoms with E-state index in [0.29, 0.717) is 5.69 Å². The number of amides is 2. The molecule has 0 aromatic heterocycles. The summed E-state index contributed by atoms with van der Waals surface area (Å²) in [7, 11) is 0. The lowest BCUT2D eigenvalue weighted by Crippen LogP contribution is -2.32. The second-order valence-electron chi connectivity index (χ2n) is 6.84. The van der Waals surface area contributed by atoms with Crippen LogP contribution in [0.15, 0.2) is 53.6 Å². The minimum absolute atomic E-state index is 0.0809. The van der Waals surface area contributed by atoms with E-state index in [4.69, 9.17) is 0 Å². The van der Waals surface area contributed by atoms with E-state index in [2.05, 4.69) is 36.6 Å². The summed E-state index contributed by atoms with van der Waals surface area (Å²) in [6.45, 7) is 8.28. The SMILES string of the molecule is Cc1ccccc1NC(=O)C(=O)N/N=C\c1ccc(C(C)(C)C)cc1. The highest BCUT2D eigenvalue weighted by atomic mass is 16.2. The average molecular weight is 337 g/mol. The van der Waals surface area contributed by atoms with Crippen LogP contribution in [0.5, 0.6) is 0 Å². The number of carbonyl (C=O) groups is 2. The highest BCUT2D eigenvalue weighted by Crippen LogP contribution is 2.21. The Morgan fingerprint density at radius 1 is 0.960 bits per heavy atom. The van der Waals surface area contributed by atoms with E-state index in [1.165, 1.54) is 11.8 Å². The Hall–Kier alpha value is -2.95. The number of nitrogens with zero attached hydrogens (tertiary/aromatic N) is 1. The van der Waals surface area contributed by atoms with Crippen LogP contribution in [-0.4, -0.2) is 18.0 Å². The number of hydrogen-bond donors (Lipinski definition) is 2. The van der Waals surface area contributed by atoms with Gasteiger partial charge in [-0.25, -0.2) is 5.43 Å². The lowest BCUT2D eigenvalue weighted by atomic mass is 9.87. The van der Waals surface area contributed by atoms with Crippen molar-refractivity contribution in [2.24, 2.45) is 5.10 Å². The number of benzene rings is 2. The first-order valence-electron chi connectivity index (χ1n) is 8.08. The van der Waals surface area contributed by atoms with Gasteiger partial charge in [-0.1, -0.05) is 63.2 Å². The summed E-state index contributed by atoms with van der Waals surface area (Å²) in [5, 5.41) is 6.39. The first-order valence-corrected chi connectivity index (χ1v) is 8.08. The molecule has 2 aromatic rings.